The zero-order valence-corrected chi connectivity index (χ0v) is 29.9. The molecule has 0 radical (unpaired) electrons. The van der Waals surface area contributed by atoms with Gasteiger partial charge in [-0.3, -0.25) is 4.99 Å². The van der Waals surface area contributed by atoms with Gasteiger partial charge in [-0.1, -0.05) is 151 Å². The number of fused-ring (bicyclic) bond motifs is 12. The fourth-order valence-corrected chi connectivity index (χ4v) is 10.7. The second-order valence-electron chi connectivity index (χ2n) is 14.2. The Morgan fingerprint density at radius 1 is 0.736 bits per heavy atom. The number of hydrogen-bond acceptors (Lipinski definition) is 4. The summed E-state index contributed by atoms with van der Waals surface area (Å²) < 4.78 is 2.58. The Labute approximate surface area is 313 Å². The van der Waals surface area contributed by atoms with Gasteiger partial charge in [-0.25, -0.2) is 0 Å². The third kappa shape index (κ3) is 4.44. The van der Waals surface area contributed by atoms with E-state index >= 15 is 0 Å². The van der Waals surface area contributed by atoms with Crippen LogP contribution in [0.15, 0.2) is 178 Å². The largest absolute Gasteiger partial charge is 0.332 e. The van der Waals surface area contributed by atoms with E-state index in [0.29, 0.717) is 0 Å². The standard InChI is InChI=1S/C48H36N4S/c49-29-50-43-37-24-12-14-26-40(37)53-48(43)44(31-16-3-1-4-17-31)52-39-25-13-11-23-36(39)41-42-38-28-27-30-15-7-8-20-33(30)45(38)51(32-18-5-2-6-19-32)46(42)34-21-9-10-22-35(34)47(41)52/h1-13,15-25,27-28,42,46H,14,26,29,49H2/b48-44+,50-43-. The zero-order chi connectivity index (χ0) is 35.0. The number of anilines is 2. The molecule has 6 aromatic carbocycles. The molecule has 5 heteroatoms. The summed E-state index contributed by atoms with van der Waals surface area (Å²) in [5.41, 5.74) is 21.1. The van der Waals surface area contributed by atoms with Crippen molar-refractivity contribution < 1.29 is 0 Å². The first-order valence-corrected chi connectivity index (χ1v) is 19.3. The predicted molar refractivity (Wildman–Crippen MR) is 223 cm³/mol. The molecule has 0 amide bonds. The minimum atomic E-state index is 0.0725. The first-order chi connectivity index (χ1) is 26.3. The van der Waals surface area contributed by atoms with Gasteiger partial charge < -0.3 is 15.2 Å². The predicted octanol–water partition coefficient (Wildman–Crippen LogP) is 11.7. The lowest BCUT2D eigenvalue weighted by Crippen LogP contribution is -2.26. The maximum Gasteiger partial charge on any atom is 0.0867 e. The molecule has 4 nitrogen and oxygen atoms in total. The maximum absolute atomic E-state index is 6.24. The second-order valence-corrected chi connectivity index (χ2v) is 15.3. The van der Waals surface area contributed by atoms with E-state index < -0.39 is 0 Å². The Balaban J connectivity index is 1.28. The molecule has 1 aromatic heterocycles. The summed E-state index contributed by atoms with van der Waals surface area (Å²) in [7, 11) is 0. The Kier molecular flexibility index (Phi) is 7.01. The number of hydrogen-bond donors (Lipinski definition) is 1. The number of rotatable bonds is 4. The number of allylic oxidation sites excluding steroid dienone is 5. The fraction of sp³-hybridized carbons (Fsp3) is 0.104. The molecule has 2 atom stereocenters. The van der Waals surface area contributed by atoms with Crippen molar-refractivity contribution in [1.82, 2.24) is 4.57 Å². The van der Waals surface area contributed by atoms with Gasteiger partial charge in [-0.05, 0) is 63.6 Å². The van der Waals surface area contributed by atoms with Crippen molar-refractivity contribution in [3.63, 3.8) is 0 Å². The van der Waals surface area contributed by atoms with Crippen molar-refractivity contribution in [2.24, 2.45) is 10.7 Å². The monoisotopic (exact) mass is 700 g/mol. The van der Waals surface area contributed by atoms with Crippen LogP contribution in [0, 0.1) is 0 Å². The number of nitrogens with zero attached hydrogens (tertiary/aromatic N) is 3. The summed E-state index contributed by atoms with van der Waals surface area (Å²) in [6.45, 7) is 0.239. The van der Waals surface area contributed by atoms with E-state index in [2.05, 4.69) is 167 Å². The van der Waals surface area contributed by atoms with Crippen LogP contribution in [-0.2, 0) is 0 Å². The number of benzene rings is 6. The summed E-state index contributed by atoms with van der Waals surface area (Å²) in [6.07, 6.45) is 6.60. The molecule has 0 bridgehead atoms. The van der Waals surface area contributed by atoms with E-state index in [1.165, 1.54) is 76.4 Å². The Morgan fingerprint density at radius 2 is 1.47 bits per heavy atom. The van der Waals surface area contributed by atoms with E-state index in [4.69, 9.17) is 10.7 Å². The highest BCUT2D eigenvalue weighted by atomic mass is 32.2. The van der Waals surface area contributed by atoms with Crippen LogP contribution in [-0.4, -0.2) is 16.9 Å². The van der Waals surface area contributed by atoms with Gasteiger partial charge in [0, 0.05) is 33.5 Å². The molecule has 3 heterocycles. The summed E-state index contributed by atoms with van der Waals surface area (Å²) in [4.78, 5) is 10.2. The summed E-state index contributed by atoms with van der Waals surface area (Å²) in [6, 6.07) is 53.8. The molecule has 0 saturated carbocycles. The molecular formula is C48H36N4S. The van der Waals surface area contributed by atoms with Crippen molar-refractivity contribution in [1.29, 1.82) is 0 Å². The second kappa shape index (κ2) is 12.1. The van der Waals surface area contributed by atoms with Crippen LogP contribution < -0.4 is 10.6 Å². The molecule has 0 fully saturated rings. The van der Waals surface area contributed by atoms with Gasteiger partial charge in [0.25, 0.3) is 0 Å². The summed E-state index contributed by atoms with van der Waals surface area (Å²) in [5.74, 6) is 0.0931. The molecule has 2 aliphatic heterocycles. The van der Waals surface area contributed by atoms with Gasteiger partial charge in [-0.2, -0.15) is 0 Å². The fourth-order valence-electron chi connectivity index (χ4n) is 9.43. The van der Waals surface area contributed by atoms with Crippen LogP contribution >= 0.6 is 11.8 Å². The van der Waals surface area contributed by atoms with Gasteiger partial charge in [0.2, 0.25) is 0 Å². The van der Waals surface area contributed by atoms with Crippen molar-refractivity contribution in [3.05, 3.63) is 195 Å². The smallest absolute Gasteiger partial charge is 0.0867 e. The van der Waals surface area contributed by atoms with Gasteiger partial charge in [0.05, 0.1) is 45.9 Å². The topological polar surface area (TPSA) is 46.5 Å². The van der Waals surface area contributed by atoms with E-state index in [9.17, 15) is 0 Å². The quantitative estimate of drug-likeness (QED) is 0.199. The number of nitrogens with two attached hydrogens (primary N) is 1. The minimum absolute atomic E-state index is 0.0725. The van der Waals surface area contributed by atoms with E-state index in [0.717, 1.165) is 29.8 Å². The molecule has 2 unspecified atom stereocenters. The molecular weight excluding hydrogens is 665 g/mol. The van der Waals surface area contributed by atoms with Crippen LogP contribution in [0.2, 0.25) is 0 Å². The highest BCUT2D eigenvalue weighted by molar-refractivity contribution is 8.08. The van der Waals surface area contributed by atoms with E-state index in [-0.39, 0.29) is 18.6 Å². The maximum atomic E-state index is 6.24. The molecule has 0 spiro atoms. The van der Waals surface area contributed by atoms with E-state index in [1.54, 1.807) is 0 Å². The zero-order valence-electron chi connectivity index (χ0n) is 29.1. The molecule has 4 aliphatic rings. The Hall–Kier alpha value is -5.88. The van der Waals surface area contributed by atoms with Crippen LogP contribution in [0.4, 0.5) is 11.4 Å². The van der Waals surface area contributed by atoms with Gasteiger partial charge >= 0.3 is 0 Å². The van der Waals surface area contributed by atoms with Gasteiger partial charge in [0.1, 0.15) is 0 Å². The van der Waals surface area contributed by atoms with Crippen LogP contribution in [0.3, 0.4) is 0 Å². The summed E-state index contributed by atoms with van der Waals surface area (Å²) >= 11 is 1.88. The lowest BCUT2D eigenvalue weighted by Gasteiger charge is -2.36. The van der Waals surface area contributed by atoms with Crippen LogP contribution in [0.1, 0.15) is 47.1 Å². The number of aliphatic imine (C=N–C) groups is 1. The minimum Gasteiger partial charge on any atom is -0.332 e. The highest BCUT2D eigenvalue weighted by Crippen LogP contribution is 2.64. The Morgan fingerprint density at radius 3 is 2.32 bits per heavy atom. The van der Waals surface area contributed by atoms with Crippen LogP contribution in [0.5, 0.6) is 0 Å². The van der Waals surface area contributed by atoms with E-state index in [1.807, 2.05) is 11.8 Å². The SMILES string of the molecule is NC/N=C1/C2=C(CCC=C2)S/C1=C(\c1ccccc1)n1c2c(c3ccccc31)C1c3ccc4ccccc4c3N(c3ccccc3)C1c1ccccc1-2. The Bertz CT molecular complexity index is 2750. The molecule has 0 saturated heterocycles. The van der Waals surface area contributed by atoms with Crippen molar-refractivity contribution >= 4 is 56.2 Å². The first-order valence-electron chi connectivity index (χ1n) is 18.5. The number of thioether (sulfide) groups is 1. The molecule has 2 N–H and O–H groups in total. The third-order valence-corrected chi connectivity index (χ3v) is 12.7. The molecule has 7 aromatic rings. The average Bonchev–Trinajstić information content (AvgIpc) is 3.88. The highest BCUT2D eigenvalue weighted by Gasteiger charge is 2.49. The first kappa shape index (κ1) is 30.7. The number of aromatic nitrogens is 1. The normalized spacial score (nSPS) is 20.1. The third-order valence-electron chi connectivity index (χ3n) is 11.4. The summed E-state index contributed by atoms with van der Waals surface area (Å²) in [5, 5.41) is 3.83. The molecule has 2 aliphatic carbocycles. The van der Waals surface area contributed by atoms with Crippen LogP contribution in [0.25, 0.3) is 38.6 Å². The number of para-hydroxylation sites is 2. The molecule has 53 heavy (non-hydrogen) atoms. The average molecular weight is 701 g/mol. The lowest BCUT2D eigenvalue weighted by molar-refractivity contribution is 0.652. The lowest BCUT2D eigenvalue weighted by atomic mass is 9.75. The van der Waals surface area contributed by atoms with Crippen molar-refractivity contribution in [2.75, 3.05) is 11.6 Å². The molecule has 11 rings (SSSR count). The van der Waals surface area contributed by atoms with Gasteiger partial charge in [-0.15, -0.1) is 0 Å². The van der Waals surface area contributed by atoms with Crippen molar-refractivity contribution in [3.8, 4) is 11.3 Å². The van der Waals surface area contributed by atoms with Gasteiger partial charge in [0.15, 0.2) is 0 Å². The van der Waals surface area contributed by atoms with Crippen molar-refractivity contribution in [2.45, 2.75) is 24.8 Å². The molecule has 254 valence electrons.